The highest BCUT2D eigenvalue weighted by Gasteiger charge is 2.52. The molecule has 0 radical (unpaired) electrons. The number of hydrogen-bond donors (Lipinski definition) is 1. The van der Waals surface area contributed by atoms with Gasteiger partial charge in [-0.1, -0.05) is 12.1 Å². The third kappa shape index (κ3) is 3.30. The van der Waals surface area contributed by atoms with E-state index in [0.717, 1.165) is 37.3 Å². The summed E-state index contributed by atoms with van der Waals surface area (Å²) in [5.74, 6) is 1.20. The number of β-amino-alcohol motifs (C(OH)–C–C–N with tert-alkyl or cyclic N) is 1. The maximum atomic E-state index is 12.4. The van der Waals surface area contributed by atoms with Crippen LogP contribution in [0.15, 0.2) is 48.5 Å². The molecule has 0 saturated heterocycles. The molecule has 2 aromatic rings. The fraction of sp³-hybridized carbons (Fsp3) is 0.381. The van der Waals surface area contributed by atoms with Crippen molar-refractivity contribution in [1.82, 2.24) is 0 Å². The van der Waals surface area contributed by atoms with Crippen molar-refractivity contribution in [3.8, 4) is 5.75 Å². The van der Waals surface area contributed by atoms with Crippen molar-refractivity contribution in [2.45, 2.75) is 38.5 Å². The lowest BCUT2D eigenvalue weighted by Crippen LogP contribution is -2.41. The molecule has 142 valence electrons. The summed E-state index contributed by atoms with van der Waals surface area (Å²) >= 11 is 0. The van der Waals surface area contributed by atoms with Gasteiger partial charge in [0.25, 0.3) is 11.6 Å². The van der Waals surface area contributed by atoms with Gasteiger partial charge in [-0.15, -0.1) is 0 Å². The number of rotatable bonds is 4. The highest BCUT2D eigenvalue weighted by atomic mass is 19.3. The average Bonchev–Trinajstić information content (AvgIpc) is 2.96. The molecule has 2 aromatic carbocycles. The minimum absolute atomic E-state index is 0.0914. The van der Waals surface area contributed by atoms with E-state index in [1.54, 1.807) is 12.1 Å². The Kier molecular flexibility index (Phi) is 4.60. The summed E-state index contributed by atoms with van der Waals surface area (Å²) in [6.07, 6.45) is 3.01. The quantitative estimate of drug-likeness (QED) is 0.827. The summed E-state index contributed by atoms with van der Waals surface area (Å²) < 4.78 is 31.3. The van der Waals surface area contributed by atoms with Crippen LogP contribution in [0, 0.1) is 6.92 Å². The molecular formula is C21H23F2N2O2+. The van der Waals surface area contributed by atoms with Crippen molar-refractivity contribution in [1.29, 1.82) is 0 Å². The van der Waals surface area contributed by atoms with Crippen molar-refractivity contribution in [3.05, 3.63) is 59.7 Å². The maximum absolute atomic E-state index is 12.4. The van der Waals surface area contributed by atoms with Gasteiger partial charge in [0.2, 0.25) is 0 Å². The van der Waals surface area contributed by atoms with Gasteiger partial charge < -0.3 is 9.84 Å². The zero-order chi connectivity index (χ0) is 19.0. The van der Waals surface area contributed by atoms with E-state index in [-0.39, 0.29) is 5.75 Å². The Labute approximate surface area is 157 Å². The van der Waals surface area contributed by atoms with Gasteiger partial charge in [0.05, 0.1) is 6.54 Å². The molecule has 4 nitrogen and oxygen atoms in total. The molecule has 0 saturated carbocycles. The Hall–Kier alpha value is -2.47. The number of nitrogens with zero attached hydrogens (tertiary/aromatic N) is 2. The van der Waals surface area contributed by atoms with Crippen molar-refractivity contribution in [3.63, 3.8) is 0 Å². The summed E-state index contributed by atoms with van der Waals surface area (Å²) in [5.41, 5.74) is 1.71. The molecule has 1 atom stereocenters. The van der Waals surface area contributed by atoms with Crippen LogP contribution in [-0.2, 0) is 5.72 Å². The second-order valence-electron chi connectivity index (χ2n) is 7.17. The Bertz CT molecular complexity index is 867. The number of hydrogen-bond acceptors (Lipinski definition) is 3. The summed E-state index contributed by atoms with van der Waals surface area (Å²) in [6, 6.07) is 14.6. The van der Waals surface area contributed by atoms with Crippen LogP contribution in [0.2, 0.25) is 0 Å². The van der Waals surface area contributed by atoms with Crippen molar-refractivity contribution in [2.24, 2.45) is 0 Å². The molecule has 0 fully saturated rings. The van der Waals surface area contributed by atoms with Gasteiger partial charge in [-0.05, 0) is 61.7 Å². The van der Waals surface area contributed by atoms with Gasteiger partial charge in [0.1, 0.15) is 11.4 Å². The zero-order valence-corrected chi connectivity index (χ0v) is 15.2. The van der Waals surface area contributed by atoms with Crippen LogP contribution >= 0.6 is 0 Å². The lowest BCUT2D eigenvalue weighted by molar-refractivity contribution is -0.661. The highest BCUT2D eigenvalue weighted by Crippen LogP contribution is 2.36. The second-order valence-corrected chi connectivity index (χ2v) is 7.17. The SMILES string of the molecule is Cc1cccc(N2C[C@](O)(c3ccc(OC(F)F)cc3)[N+]3=C2CCCC3)c1. The molecule has 2 heterocycles. The number of benzene rings is 2. The third-order valence-corrected chi connectivity index (χ3v) is 5.34. The molecular weight excluding hydrogens is 350 g/mol. The van der Waals surface area contributed by atoms with E-state index < -0.39 is 12.3 Å². The topological polar surface area (TPSA) is 35.7 Å². The van der Waals surface area contributed by atoms with E-state index in [4.69, 9.17) is 0 Å². The predicted octanol–water partition coefficient (Wildman–Crippen LogP) is 3.86. The first-order valence-electron chi connectivity index (χ1n) is 9.23. The van der Waals surface area contributed by atoms with Crippen LogP contribution in [0.4, 0.5) is 14.5 Å². The van der Waals surface area contributed by atoms with E-state index in [1.165, 1.54) is 17.7 Å². The van der Waals surface area contributed by atoms with E-state index in [0.29, 0.717) is 12.1 Å². The number of amidine groups is 1. The van der Waals surface area contributed by atoms with Gasteiger partial charge in [-0.25, -0.2) is 9.48 Å². The van der Waals surface area contributed by atoms with Gasteiger partial charge in [0.15, 0.2) is 6.54 Å². The number of ether oxygens (including phenoxy) is 1. The fourth-order valence-electron chi connectivity index (χ4n) is 4.08. The maximum Gasteiger partial charge on any atom is 0.387 e. The molecule has 1 N–H and O–H groups in total. The molecule has 0 spiro atoms. The van der Waals surface area contributed by atoms with E-state index >= 15 is 0 Å². The van der Waals surface area contributed by atoms with Gasteiger partial charge in [-0.2, -0.15) is 8.78 Å². The largest absolute Gasteiger partial charge is 0.435 e. The van der Waals surface area contributed by atoms with E-state index in [1.807, 2.05) is 6.07 Å². The molecule has 4 rings (SSSR count). The Morgan fingerprint density at radius 1 is 1.15 bits per heavy atom. The highest BCUT2D eigenvalue weighted by molar-refractivity contribution is 5.96. The Morgan fingerprint density at radius 3 is 2.63 bits per heavy atom. The fourth-order valence-corrected chi connectivity index (χ4v) is 4.08. The van der Waals surface area contributed by atoms with Crippen LogP contribution in [0.3, 0.4) is 0 Å². The predicted molar refractivity (Wildman–Crippen MR) is 99.5 cm³/mol. The third-order valence-electron chi connectivity index (χ3n) is 5.34. The normalized spacial score (nSPS) is 22.3. The first-order chi connectivity index (χ1) is 13.0. The van der Waals surface area contributed by atoms with E-state index in [2.05, 4.69) is 39.3 Å². The number of alkyl halides is 2. The Morgan fingerprint density at radius 2 is 1.93 bits per heavy atom. The molecule has 0 amide bonds. The van der Waals surface area contributed by atoms with Crippen LogP contribution < -0.4 is 9.64 Å². The standard InChI is InChI=1S/C21H23F2N2O2/c1-15-5-4-6-17(13-15)24-14-21(26,25-12-3-2-7-19(24)25)16-8-10-18(11-9-16)27-20(22)23/h4-6,8-11,13,20,26H,2-3,7,12,14H2,1H3/q+1/t21-/m0/s1. The molecule has 2 aliphatic rings. The summed E-state index contributed by atoms with van der Waals surface area (Å²) in [5, 5.41) is 11.6. The summed E-state index contributed by atoms with van der Waals surface area (Å²) in [6.45, 7) is 0.366. The first kappa shape index (κ1) is 17.9. The monoisotopic (exact) mass is 373 g/mol. The zero-order valence-electron chi connectivity index (χ0n) is 15.2. The molecule has 2 aliphatic heterocycles. The average molecular weight is 373 g/mol. The number of anilines is 1. The second kappa shape index (κ2) is 6.93. The van der Waals surface area contributed by atoms with Gasteiger partial charge in [0, 0.05) is 12.0 Å². The Balaban J connectivity index is 1.71. The lowest BCUT2D eigenvalue weighted by Gasteiger charge is -2.24. The first-order valence-corrected chi connectivity index (χ1v) is 9.23. The summed E-state index contributed by atoms with van der Waals surface area (Å²) in [4.78, 5) is 2.18. The molecule has 0 unspecified atom stereocenters. The molecule has 0 aromatic heterocycles. The molecule has 6 heteroatoms. The van der Waals surface area contributed by atoms with Crippen LogP contribution in [-0.4, -0.2) is 35.2 Å². The molecule has 0 aliphatic carbocycles. The van der Waals surface area contributed by atoms with Crippen molar-refractivity contribution in [2.75, 3.05) is 18.0 Å². The van der Waals surface area contributed by atoms with Gasteiger partial charge in [-0.3, -0.25) is 0 Å². The van der Waals surface area contributed by atoms with Crippen molar-refractivity contribution >= 4 is 11.5 Å². The minimum Gasteiger partial charge on any atom is -0.435 e. The number of aryl methyl sites for hydroxylation is 1. The van der Waals surface area contributed by atoms with E-state index in [9.17, 15) is 13.9 Å². The smallest absolute Gasteiger partial charge is 0.387 e. The van der Waals surface area contributed by atoms with Crippen LogP contribution in [0.5, 0.6) is 5.75 Å². The lowest BCUT2D eigenvalue weighted by atomic mass is 10.0. The van der Waals surface area contributed by atoms with Gasteiger partial charge >= 0.3 is 6.61 Å². The summed E-state index contributed by atoms with van der Waals surface area (Å²) in [7, 11) is 0. The minimum atomic E-state index is -2.86. The van der Waals surface area contributed by atoms with Crippen molar-refractivity contribution < 1.29 is 23.2 Å². The number of aliphatic hydroxyl groups is 1. The van der Waals surface area contributed by atoms with Crippen LogP contribution in [0.1, 0.15) is 30.4 Å². The molecule has 27 heavy (non-hydrogen) atoms. The van der Waals surface area contributed by atoms with Crippen LogP contribution in [0.25, 0.3) is 0 Å². The number of halogens is 2. The molecule has 0 bridgehead atoms.